The third kappa shape index (κ3) is 3.48. The molecule has 0 aliphatic carbocycles. The highest BCUT2D eigenvalue weighted by Crippen LogP contribution is 2.34. The van der Waals surface area contributed by atoms with Crippen molar-refractivity contribution >= 4 is 34.0 Å². The SMILES string of the molecule is COC(=O)C1CN(Cc2csc(NC(C)=O)n2)c2ccccc2O1. The Hall–Kier alpha value is -2.61. The van der Waals surface area contributed by atoms with E-state index in [-0.39, 0.29) is 5.91 Å². The van der Waals surface area contributed by atoms with Gasteiger partial charge in [0.25, 0.3) is 0 Å². The van der Waals surface area contributed by atoms with Crippen LogP contribution < -0.4 is 15.0 Å². The Morgan fingerprint density at radius 2 is 2.25 bits per heavy atom. The number of thiazole rings is 1. The molecule has 0 saturated heterocycles. The minimum atomic E-state index is -0.682. The van der Waals surface area contributed by atoms with Crippen LogP contribution in [0.3, 0.4) is 0 Å². The van der Waals surface area contributed by atoms with Crippen molar-refractivity contribution in [2.24, 2.45) is 0 Å². The van der Waals surface area contributed by atoms with Gasteiger partial charge in [-0.25, -0.2) is 9.78 Å². The van der Waals surface area contributed by atoms with Gasteiger partial charge < -0.3 is 19.7 Å². The summed E-state index contributed by atoms with van der Waals surface area (Å²) in [6, 6.07) is 7.52. The van der Waals surface area contributed by atoms with E-state index in [1.807, 2.05) is 34.5 Å². The summed E-state index contributed by atoms with van der Waals surface area (Å²) in [4.78, 5) is 29.4. The third-order valence-corrected chi connectivity index (χ3v) is 4.32. The topological polar surface area (TPSA) is 80.8 Å². The molecule has 8 heteroatoms. The van der Waals surface area contributed by atoms with Crippen molar-refractivity contribution in [1.29, 1.82) is 0 Å². The van der Waals surface area contributed by atoms with E-state index in [0.717, 1.165) is 11.4 Å². The monoisotopic (exact) mass is 347 g/mol. The van der Waals surface area contributed by atoms with Crippen LogP contribution in [0.2, 0.25) is 0 Å². The van der Waals surface area contributed by atoms with Crippen LogP contribution in [0.4, 0.5) is 10.8 Å². The van der Waals surface area contributed by atoms with Crippen LogP contribution in [0.25, 0.3) is 0 Å². The fraction of sp³-hybridized carbons (Fsp3) is 0.312. The van der Waals surface area contributed by atoms with Gasteiger partial charge in [-0.2, -0.15) is 0 Å². The first-order chi connectivity index (χ1) is 11.6. The number of anilines is 2. The molecule has 1 aromatic carbocycles. The number of hydrogen-bond acceptors (Lipinski definition) is 7. The van der Waals surface area contributed by atoms with Gasteiger partial charge in [0.05, 0.1) is 31.6 Å². The molecular weight excluding hydrogens is 330 g/mol. The van der Waals surface area contributed by atoms with Crippen LogP contribution in [0, 0.1) is 0 Å². The molecular formula is C16H17N3O4S. The summed E-state index contributed by atoms with van der Waals surface area (Å²) in [5, 5.41) is 5.11. The molecule has 24 heavy (non-hydrogen) atoms. The van der Waals surface area contributed by atoms with E-state index >= 15 is 0 Å². The number of hydrogen-bond donors (Lipinski definition) is 1. The smallest absolute Gasteiger partial charge is 0.348 e. The van der Waals surface area contributed by atoms with Gasteiger partial charge >= 0.3 is 5.97 Å². The summed E-state index contributed by atoms with van der Waals surface area (Å²) in [5.74, 6) is 0.0709. The van der Waals surface area contributed by atoms with E-state index in [4.69, 9.17) is 9.47 Å². The number of para-hydroxylation sites is 2. The molecule has 1 amide bonds. The number of benzene rings is 1. The zero-order valence-electron chi connectivity index (χ0n) is 13.3. The number of rotatable bonds is 4. The number of amides is 1. The maximum atomic E-state index is 11.9. The molecule has 1 aromatic heterocycles. The average molecular weight is 347 g/mol. The second kappa shape index (κ2) is 6.88. The number of esters is 1. The molecule has 0 fully saturated rings. The fourth-order valence-electron chi connectivity index (χ4n) is 2.49. The van der Waals surface area contributed by atoms with Gasteiger partial charge in [-0.3, -0.25) is 4.79 Å². The Morgan fingerprint density at radius 3 is 3.00 bits per heavy atom. The van der Waals surface area contributed by atoms with Crippen molar-refractivity contribution in [3.63, 3.8) is 0 Å². The van der Waals surface area contributed by atoms with Crippen molar-refractivity contribution < 1.29 is 19.1 Å². The molecule has 0 spiro atoms. The Balaban J connectivity index is 1.81. The molecule has 2 heterocycles. The lowest BCUT2D eigenvalue weighted by atomic mass is 10.2. The highest BCUT2D eigenvalue weighted by molar-refractivity contribution is 7.13. The second-order valence-electron chi connectivity index (χ2n) is 5.30. The molecule has 1 atom stereocenters. The molecule has 0 radical (unpaired) electrons. The van der Waals surface area contributed by atoms with Crippen LogP contribution in [0.5, 0.6) is 5.75 Å². The first-order valence-electron chi connectivity index (χ1n) is 7.37. The molecule has 1 aliphatic heterocycles. The summed E-state index contributed by atoms with van der Waals surface area (Å²) in [7, 11) is 1.34. The first kappa shape index (κ1) is 16.3. The largest absolute Gasteiger partial charge is 0.475 e. The lowest BCUT2D eigenvalue weighted by Gasteiger charge is -2.34. The minimum Gasteiger partial charge on any atom is -0.475 e. The van der Waals surface area contributed by atoms with E-state index in [2.05, 4.69) is 10.3 Å². The Morgan fingerprint density at radius 1 is 1.46 bits per heavy atom. The van der Waals surface area contributed by atoms with Gasteiger partial charge in [0.15, 0.2) is 5.13 Å². The summed E-state index contributed by atoms with van der Waals surface area (Å²) >= 11 is 1.37. The van der Waals surface area contributed by atoms with Gasteiger partial charge in [0, 0.05) is 12.3 Å². The molecule has 0 saturated carbocycles. The van der Waals surface area contributed by atoms with Gasteiger partial charge in [-0.05, 0) is 12.1 Å². The van der Waals surface area contributed by atoms with E-state index in [1.165, 1.54) is 25.4 Å². The van der Waals surface area contributed by atoms with Gasteiger partial charge in [0.2, 0.25) is 12.0 Å². The Labute approximate surface area is 143 Å². The second-order valence-corrected chi connectivity index (χ2v) is 6.16. The maximum Gasteiger partial charge on any atom is 0.348 e. The predicted octanol–water partition coefficient (Wildman–Crippen LogP) is 2.04. The van der Waals surface area contributed by atoms with Crippen LogP contribution >= 0.6 is 11.3 Å². The van der Waals surface area contributed by atoms with Crippen molar-refractivity contribution in [3.05, 3.63) is 35.3 Å². The van der Waals surface area contributed by atoms with Crippen LogP contribution in [-0.4, -0.2) is 36.6 Å². The highest BCUT2D eigenvalue weighted by atomic mass is 32.1. The maximum absolute atomic E-state index is 11.9. The standard InChI is InChI=1S/C16H17N3O4S/c1-10(20)17-16-18-11(9-24-16)7-19-8-14(15(21)22-2)23-13-6-4-3-5-12(13)19/h3-6,9,14H,7-8H2,1-2H3,(H,17,18,20). The molecule has 0 bridgehead atoms. The number of aromatic nitrogens is 1. The van der Waals surface area contributed by atoms with E-state index in [1.54, 1.807) is 0 Å². The fourth-order valence-corrected chi connectivity index (χ4v) is 3.24. The molecule has 2 aromatic rings. The number of nitrogens with zero attached hydrogens (tertiary/aromatic N) is 2. The summed E-state index contributed by atoms with van der Waals surface area (Å²) < 4.78 is 10.5. The van der Waals surface area contributed by atoms with Crippen molar-refractivity contribution in [1.82, 2.24) is 4.98 Å². The third-order valence-electron chi connectivity index (χ3n) is 3.51. The van der Waals surface area contributed by atoms with Crippen LogP contribution in [-0.2, 0) is 20.9 Å². The number of nitrogens with one attached hydrogen (secondary N) is 1. The number of fused-ring (bicyclic) bond motifs is 1. The summed E-state index contributed by atoms with van der Waals surface area (Å²) in [5.41, 5.74) is 1.70. The van der Waals surface area contributed by atoms with Crippen LogP contribution in [0.1, 0.15) is 12.6 Å². The van der Waals surface area contributed by atoms with E-state index in [9.17, 15) is 9.59 Å². The zero-order valence-corrected chi connectivity index (χ0v) is 14.1. The normalized spacial score (nSPS) is 16.1. The number of methoxy groups -OCH3 is 1. The van der Waals surface area contributed by atoms with E-state index in [0.29, 0.717) is 24.0 Å². The number of ether oxygens (including phenoxy) is 2. The van der Waals surface area contributed by atoms with Crippen molar-refractivity contribution in [3.8, 4) is 5.75 Å². The molecule has 1 N–H and O–H groups in total. The highest BCUT2D eigenvalue weighted by Gasteiger charge is 2.31. The molecule has 7 nitrogen and oxygen atoms in total. The first-order valence-corrected chi connectivity index (χ1v) is 8.25. The molecule has 3 rings (SSSR count). The average Bonchev–Trinajstić information content (AvgIpc) is 3.00. The van der Waals surface area contributed by atoms with E-state index < -0.39 is 12.1 Å². The minimum absolute atomic E-state index is 0.154. The van der Waals surface area contributed by atoms with Gasteiger partial charge in [-0.15, -0.1) is 11.3 Å². The quantitative estimate of drug-likeness (QED) is 0.853. The summed E-state index contributed by atoms with van der Waals surface area (Å²) in [6.07, 6.45) is -0.682. The van der Waals surface area contributed by atoms with Crippen LogP contribution in [0.15, 0.2) is 29.6 Å². The predicted molar refractivity (Wildman–Crippen MR) is 90.3 cm³/mol. The lowest BCUT2D eigenvalue weighted by Crippen LogP contribution is -2.44. The Kier molecular flexibility index (Phi) is 4.66. The molecule has 126 valence electrons. The number of carbonyl (C=O) groups is 2. The molecule has 1 aliphatic rings. The summed E-state index contributed by atoms with van der Waals surface area (Å²) in [6.45, 7) is 2.32. The Bertz CT molecular complexity index is 761. The van der Waals surface area contributed by atoms with Crippen molar-refractivity contribution in [2.45, 2.75) is 19.6 Å². The van der Waals surface area contributed by atoms with Gasteiger partial charge in [0.1, 0.15) is 5.75 Å². The molecule has 1 unspecified atom stereocenters. The number of carbonyl (C=O) groups excluding carboxylic acids is 2. The van der Waals surface area contributed by atoms with Crippen molar-refractivity contribution in [2.75, 3.05) is 23.9 Å². The van der Waals surface area contributed by atoms with Gasteiger partial charge in [-0.1, -0.05) is 12.1 Å². The zero-order chi connectivity index (χ0) is 17.1. The lowest BCUT2D eigenvalue weighted by molar-refractivity contribution is -0.148.